The molecule has 0 aliphatic heterocycles. The van der Waals surface area contributed by atoms with E-state index in [0.29, 0.717) is 11.7 Å². The number of hydrogen-bond acceptors (Lipinski definition) is 5. The smallest absolute Gasteiger partial charge is 0.230 e. The molecule has 4 rings (SSSR count). The zero-order chi connectivity index (χ0) is 22.5. The Morgan fingerprint density at radius 1 is 1.12 bits per heavy atom. The SMILES string of the molecule is CC(=O)NCCCc1ccc(-c2csc(NC(=O)Cc3coc4cc(C)ccc34)n2)cc1. The van der Waals surface area contributed by atoms with Crippen LogP contribution in [0.1, 0.15) is 30.0 Å². The summed E-state index contributed by atoms with van der Waals surface area (Å²) >= 11 is 1.41. The van der Waals surface area contributed by atoms with Crippen molar-refractivity contribution in [3.8, 4) is 11.3 Å². The molecule has 0 spiro atoms. The van der Waals surface area contributed by atoms with Gasteiger partial charge in [-0.15, -0.1) is 11.3 Å². The molecule has 0 saturated carbocycles. The van der Waals surface area contributed by atoms with Crippen molar-refractivity contribution in [3.63, 3.8) is 0 Å². The molecule has 2 N–H and O–H groups in total. The zero-order valence-corrected chi connectivity index (χ0v) is 18.9. The van der Waals surface area contributed by atoms with Gasteiger partial charge in [-0.3, -0.25) is 9.59 Å². The normalized spacial score (nSPS) is 10.9. The summed E-state index contributed by atoms with van der Waals surface area (Å²) in [7, 11) is 0. The predicted molar refractivity (Wildman–Crippen MR) is 128 cm³/mol. The topological polar surface area (TPSA) is 84.2 Å². The van der Waals surface area contributed by atoms with Crippen LogP contribution in [-0.2, 0) is 22.4 Å². The first-order chi connectivity index (χ1) is 15.5. The average Bonchev–Trinajstić information content (AvgIpc) is 3.38. The van der Waals surface area contributed by atoms with Crippen molar-refractivity contribution in [1.82, 2.24) is 10.3 Å². The van der Waals surface area contributed by atoms with Crippen molar-refractivity contribution in [1.29, 1.82) is 0 Å². The van der Waals surface area contributed by atoms with Crippen LogP contribution in [0.15, 0.2) is 58.5 Å². The molecule has 0 aliphatic rings. The lowest BCUT2D eigenvalue weighted by Gasteiger charge is -2.04. The number of rotatable bonds is 8. The number of furan rings is 1. The van der Waals surface area contributed by atoms with Gasteiger partial charge in [0.25, 0.3) is 0 Å². The number of thiazole rings is 1. The maximum Gasteiger partial charge on any atom is 0.230 e. The monoisotopic (exact) mass is 447 g/mol. The van der Waals surface area contributed by atoms with E-state index in [1.807, 2.05) is 42.6 Å². The summed E-state index contributed by atoms with van der Waals surface area (Å²) < 4.78 is 5.58. The maximum atomic E-state index is 12.5. The Morgan fingerprint density at radius 2 is 1.94 bits per heavy atom. The molecule has 0 atom stereocenters. The van der Waals surface area contributed by atoms with Gasteiger partial charge < -0.3 is 15.1 Å². The molecule has 0 bridgehead atoms. The highest BCUT2D eigenvalue weighted by molar-refractivity contribution is 7.14. The van der Waals surface area contributed by atoms with Crippen LogP contribution in [0.2, 0.25) is 0 Å². The summed E-state index contributed by atoms with van der Waals surface area (Å²) in [4.78, 5) is 28.0. The Kier molecular flexibility index (Phi) is 6.66. The fraction of sp³-hybridized carbons (Fsp3) is 0.240. The molecule has 32 heavy (non-hydrogen) atoms. The molecule has 0 saturated heterocycles. The second-order valence-electron chi connectivity index (χ2n) is 7.81. The molecule has 4 aromatic rings. The third-order valence-corrected chi connectivity index (χ3v) is 5.94. The lowest BCUT2D eigenvalue weighted by Crippen LogP contribution is -2.21. The van der Waals surface area contributed by atoms with Crippen LogP contribution in [0.4, 0.5) is 5.13 Å². The van der Waals surface area contributed by atoms with E-state index in [9.17, 15) is 9.59 Å². The quantitative estimate of drug-likeness (QED) is 0.368. The number of carbonyl (C=O) groups excluding carboxylic acids is 2. The summed E-state index contributed by atoms with van der Waals surface area (Å²) in [6.07, 6.45) is 3.69. The summed E-state index contributed by atoms with van der Waals surface area (Å²) in [5.41, 5.74) is 5.83. The molecule has 2 aromatic heterocycles. The van der Waals surface area contributed by atoms with Crippen LogP contribution in [0.25, 0.3) is 22.2 Å². The van der Waals surface area contributed by atoms with E-state index in [4.69, 9.17) is 4.42 Å². The van der Waals surface area contributed by atoms with Gasteiger partial charge in [-0.25, -0.2) is 4.98 Å². The van der Waals surface area contributed by atoms with Gasteiger partial charge in [0.1, 0.15) is 5.58 Å². The summed E-state index contributed by atoms with van der Waals surface area (Å²) in [6.45, 7) is 4.22. The molecule has 2 heterocycles. The van der Waals surface area contributed by atoms with E-state index in [1.165, 1.54) is 23.8 Å². The van der Waals surface area contributed by atoms with E-state index in [1.54, 1.807) is 6.26 Å². The van der Waals surface area contributed by atoms with Gasteiger partial charge in [0.2, 0.25) is 11.8 Å². The van der Waals surface area contributed by atoms with E-state index < -0.39 is 0 Å². The van der Waals surface area contributed by atoms with Crippen LogP contribution in [0.3, 0.4) is 0 Å². The zero-order valence-electron chi connectivity index (χ0n) is 18.1. The number of nitrogens with zero attached hydrogens (tertiary/aromatic N) is 1. The highest BCUT2D eigenvalue weighted by Crippen LogP contribution is 2.26. The summed E-state index contributed by atoms with van der Waals surface area (Å²) in [6, 6.07) is 14.2. The van der Waals surface area contributed by atoms with Crippen molar-refractivity contribution in [2.24, 2.45) is 0 Å². The number of hydrogen-bond donors (Lipinski definition) is 2. The Balaban J connectivity index is 1.34. The first-order valence-electron chi connectivity index (χ1n) is 10.5. The molecular formula is C25H25N3O3S. The van der Waals surface area contributed by atoms with Gasteiger partial charge in [-0.2, -0.15) is 0 Å². The molecule has 2 aromatic carbocycles. The van der Waals surface area contributed by atoms with Crippen LogP contribution in [-0.4, -0.2) is 23.3 Å². The first-order valence-corrected chi connectivity index (χ1v) is 11.4. The number of amides is 2. The minimum atomic E-state index is -0.122. The summed E-state index contributed by atoms with van der Waals surface area (Å²) in [5, 5.41) is 9.18. The average molecular weight is 448 g/mol. The maximum absolute atomic E-state index is 12.5. The van der Waals surface area contributed by atoms with Crippen molar-refractivity contribution >= 4 is 39.3 Å². The number of nitrogens with one attached hydrogen (secondary N) is 2. The van der Waals surface area contributed by atoms with Crippen molar-refractivity contribution < 1.29 is 14.0 Å². The van der Waals surface area contributed by atoms with Crippen LogP contribution >= 0.6 is 11.3 Å². The third kappa shape index (κ3) is 5.42. The molecule has 164 valence electrons. The van der Waals surface area contributed by atoms with Crippen LogP contribution in [0.5, 0.6) is 0 Å². The van der Waals surface area contributed by atoms with Gasteiger partial charge in [-0.1, -0.05) is 36.4 Å². The molecule has 0 aliphatic carbocycles. The van der Waals surface area contributed by atoms with Gasteiger partial charge in [0.05, 0.1) is 18.4 Å². The molecule has 2 amide bonds. The van der Waals surface area contributed by atoms with Gasteiger partial charge in [-0.05, 0) is 37.0 Å². The third-order valence-electron chi connectivity index (χ3n) is 5.18. The Bertz CT molecular complexity index is 1240. The minimum Gasteiger partial charge on any atom is -0.464 e. The van der Waals surface area contributed by atoms with Crippen LogP contribution < -0.4 is 10.6 Å². The number of fused-ring (bicyclic) bond motifs is 1. The summed E-state index contributed by atoms with van der Waals surface area (Å²) in [5.74, 6) is -0.122. The molecule has 0 fully saturated rings. The second-order valence-corrected chi connectivity index (χ2v) is 8.66. The standard InChI is InChI=1S/C25H25N3O3S/c1-16-5-10-21-20(14-31-23(21)12-16)13-24(30)28-25-27-22(15-32-25)19-8-6-18(7-9-19)4-3-11-26-17(2)29/h5-10,12,14-15H,3-4,11,13H2,1-2H3,(H,26,29)(H,27,28,30). The lowest BCUT2D eigenvalue weighted by atomic mass is 10.1. The molecule has 0 unspecified atom stereocenters. The number of aryl methyl sites for hydroxylation is 2. The predicted octanol–water partition coefficient (Wildman–Crippen LogP) is 5.11. The van der Waals surface area contributed by atoms with E-state index >= 15 is 0 Å². The number of benzene rings is 2. The van der Waals surface area contributed by atoms with Crippen molar-refractivity contribution in [3.05, 3.63) is 70.8 Å². The van der Waals surface area contributed by atoms with Crippen molar-refractivity contribution in [2.45, 2.75) is 33.1 Å². The van der Waals surface area contributed by atoms with Crippen molar-refractivity contribution in [2.75, 3.05) is 11.9 Å². The highest BCUT2D eigenvalue weighted by atomic mass is 32.1. The number of carbonyl (C=O) groups is 2. The molecule has 7 heteroatoms. The fourth-order valence-corrected chi connectivity index (χ4v) is 4.26. The molecule has 6 nitrogen and oxygen atoms in total. The number of anilines is 1. The van der Waals surface area contributed by atoms with Gasteiger partial charge >= 0.3 is 0 Å². The fourth-order valence-electron chi connectivity index (χ4n) is 3.53. The molecular weight excluding hydrogens is 422 g/mol. The largest absolute Gasteiger partial charge is 0.464 e. The lowest BCUT2D eigenvalue weighted by molar-refractivity contribution is -0.119. The van der Waals surface area contributed by atoms with Gasteiger partial charge in [0, 0.05) is 35.4 Å². The van der Waals surface area contributed by atoms with E-state index in [0.717, 1.165) is 46.2 Å². The van der Waals surface area contributed by atoms with Gasteiger partial charge in [0.15, 0.2) is 5.13 Å². The Morgan fingerprint density at radius 3 is 2.72 bits per heavy atom. The van der Waals surface area contributed by atoms with E-state index in [-0.39, 0.29) is 18.2 Å². The van der Waals surface area contributed by atoms with Crippen LogP contribution in [0, 0.1) is 6.92 Å². The Hall–Kier alpha value is -3.45. The second kappa shape index (κ2) is 9.78. The Labute approximate surface area is 190 Å². The number of aromatic nitrogens is 1. The first kappa shape index (κ1) is 21.8. The molecule has 0 radical (unpaired) electrons. The minimum absolute atomic E-state index is 0.0000223. The highest BCUT2D eigenvalue weighted by Gasteiger charge is 2.13. The van der Waals surface area contributed by atoms with E-state index in [2.05, 4.69) is 27.8 Å².